The maximum atomic E-state index is 4.55. The lowest BCUT2D eigenvalue weighted by Crippen LogP contribution is -2.25. The van der Waals surface area contributed by atoms with Crippen molar-refractivity contribution in [3.8, 4) is 0 Å². The van der Waals surface area contributed by atoms with Crippen LogP contribution in [0.5, 0.6) is 0 Å². The molecule has 1 aromatic carbocycles. The van der Waals surface area contributed by atoms with Crippen molar-refractivity contribution in [2.75, 3.05) is 32.0 Å². The van der Waals surface area contributed by atoms with Crippen LogP contribution in [0.2, 0.25) is 0 Å². The Kier molecular flexibility index (Phi) is 5.50. The van der Waals surface area contributed by atoms with Crippen LogP contribution in [-0.2, 0) is 6.42 Å². The van der Waals surface area contributed by atoms with E-state index in [9.17, 15) is 0 Å². The zero-order valence-corrected chi connectivity index (χ0v) is 12.2. The standard InChI is InChI=1S/C16H22N4/c1-3-20(2)12-11-18-15-9-10-17-16(19-15)13-14-7-5-4-6-8-14/h4-10H,3,11-13H2,1-2H3,(H,17,18,19). The topological polar surface area (TPSA) is 41.0 Å². The molecule has 0 unspecified atom stereocenters. The Morgan fingerprint density at radius 2 is 1.95 bits per heavy atom. The van der Waals surface area contributed by atoms with Gasteiger partial charge in [0.05, 0.1) is 0 Å². The van der Waals surface area contributed by atoms with Crippen LogP contribution in [0.1, 0.15) is 18.3 Å². The molecule has 2 rings (SSSR count). The van der Waals surface area contributed by atoms with E-state index in [2.05, 4.69) is 46.3 Å². The summed E-state index contributed by atoms with van der Waals surface area (Å²) in [6.45, 7) is 5.12. The molecule has 0 bridgehead atoms. The molecule has 0 spiro atoms. The van der Waals surface area contributed by atoms with Crippen LogP contribution in [0, 0.1) is 0 Å². The lowest BCUT2D eigenvalue weighted by molar-refractivity contribution is 0.367. The van der Waals surface area contributed by atoms with Gasteiger partial charge in [0.1, 0.15) is 11.6 Å². The molecule has 0 aliphatic carbocycles. The third-order valence-corrected chi connectivity index (χ3v) is 3.25. The molecule has 2 aromatic rings. The van der Waals surface area contributed by atoms with Gasteiger partial charge < -0.3 is 10.2 Å². The molecule has 0 saturated carbocycles. The van der Waals surface area contributed by atoms with Crippen molar-refractivity contribution in [2.45, 2.75) is 13.3 Å². The Labute approximate surface area is 120 Å². The van der Waals surface area contributed by atoms with Gasteiger partial charge in [0.2, 0.25) is 0 Å². The maximum absolute atomic E-state index is 4.55. The van der Waals surface area contributed by atoms with Gasteiger partial charge in [-0.25, -0.2) is 9.97 Å². The molecule has 0 saturated heterocycles. The highest BCUT2D eigenvalue weighted by Gasteiger charge is 2.01. The Balaban J connectivity index is 1.91. The van der Waals surface area contributed by atoms with Crippen molar-refractivity contribution < 1.29 is 0 Å². The number of likely N-dealkylation sites (N-methyl/N-ethyl adjacent to an activating group) is 1. The Bertz CT molecular complexity index is 513. The van der Waals surface area contributed by atoms with Crippen LogP contribution >= 0.6 is 0 Å². The second-order valence-corrected chi connectivity index (χ2v) is 4.84. The smallest absolute Gasteiger partial charge is 0.135 e. The van der Waals surface area contributed by atoms with E-state index in [1.807, 2.05) is 30.5 Å². The predicted octanol–water partition coefficient (Wildman–Crippen LogP) is 2.43. The molecule has 1 heterocycles. The van der Waals surface area contributed by atoms with Gasteiger partial charge in [0.25, 0.3) is 0 Å². The molecule has 106 valence electrons. The fraction of sp³-hybridized carbons (Fsp3) is 0.375. The fourth-order valence-electron chi connectivity index (χ4n) is 1.89. The van der Waals surface area contributed by atoms with E-state index in [1.54, 1.807) is 0 Å². The molecular formula is C16H22N4. The molecule has 0 radical (unpaired) electrons. The number of nitrogens with zero attached hydrogens (tertiary/aromatic N) is 3. The second kappa shape index (κ2) is 7.60. The quantitative estimate of drug-likeness (QED) is 0.839. The van der Waals surface area contributed by atoms with Crippen LogP contribution < -0.4 is 5.32 Å². The molecule has 0 fully saturated rings. The Morgan fingerprint density at radius 1 is 1.15 bits per heavy atom. The van der Waals surface area contributed by atoms with Gasteiger partial charge in [-0.2, -0.15) is 0 Å². The number of anilines is 1. The summed E-state index contributed by atoms with van der Waals surface area (Å²) < 4.78 is 0. The first-order valence-electron chi connectivity index (χ1n) is 7.06. The lowest BCUT2D eigenvalue weighted by Gasteiger charge is -2.14. The summed E-state index contributed by atoms with van der Waals surface area (Å²) in [5.74, 6) is 1.75. The first-order valence-corrected chi connectivity index (χ1v) is 7.06. The van der Waals surface area contributed by atoms with E-state index in [0.29, 0.717) is 0 Å². The first-order chi connectivity index (χ1) is 9.78. The number of hydrogen-bond acceptors (Lipinski definition) is 4. The summed E-state index contributed by atoms with van der Waals surface area (Å²) in [4.78, 5) is 11.1. The summed E-state index contributed by atoms with van der Waals surface area (Å²) in [6.07, 6.45) is 2.59. The molecule has 1 aromatic heterocycles. The van der Waals surface area contributed by atoms with Gasteiger partial charge in [-0.3, -0.25) is 0 Å². The van der Waals surface area contributed by atoms with Gasteiger partial charge in [0.15, 0.2) is 0 Å². The SMILES string of the molecule is CCN(C)CCNc1ccnc(Cc2ccccc2)n1. The highest BCUT2D eigenvalue weighted by atomic mass is 15.1. The molecule has 20 heavy (non-hydrogen) atoms. The van der Waals surface area contributed by atoms with Crippen LogP contribution in [-0.4, -0.2) is 41.5 Å². The molecule has 0 aliphatic heterocycles. The van der Waals surface area contributed by atoms with Crippen LogP contribution in [0.4, 0.5) is 5.82 Å². The summed E-state index contributed by atoms with van der Waals surface area (Å²) >= 11 is 0. The van der Waals surface area contributed by atoms with E-state index < -0.39 is 0 Å². The number of benzene rings is 1. The molecule has 0 atom stereocenters. The minimum atomic E-state index is 0.769. The lowest BCUT2D eigenvalue weighted by atomic mass is 10.1. The normalized spacial score (nSPS) is 10.8. The Morgan fingerprint density at radius 3 is 2.70 bits per heavy atom. The molecule has 1 N–H and O–H groups in total. The van der Waals surface area contributed by atoms with Crippen molar-refractivity contribution in [3.05, 3.63) is 54.0 Å². The number of hydrogen-bond donors (Lipinski definition) is 1. The van der Waals surface area contributed by atoms with Gasteiger partial charge in [-0.15, -0.1) is 0 Å². The molecule has 0 aliphatic rings. The van der Waals surface area contributed by atoms with E-state index in [1.165, 1.54) is 5.56 Å². The van der Waals surface area contributed by atoms with E-state index in [4.69, 9.17) is 0 Å². The monoisotopic (exact) mass is 270 g/mol. The minimum Gasteiger partial charge on any atom is -0.369 e. The zero-order chi connectivity index (χ0) is 14.2. The number of aromatic nitrogens is 2. The molecule has 4 nitrogen and oxygen atoms in total. The van der Waals surface area contributed by atoms with Crippen LogP contribution in [0.25, 0.3) is 0 Å². The first kappa shape index (κ1) is 14.5. The number of nitrogens with one attached hydrogen (secondary N) is 1. The van der Waals surface area contributed by atoms with Crippen molar-refractivity contribution in [2.24, 2.45) is 0 Å². The van der Waals surface area contributed by atoms with Crippen LogP contribution in [0.15, 0.2) is 42.6 Å². The summed E-state index contributed by atoms with van der Waals surface area (Å²) in [5, 5.41) is 3.34. The summed E-state index contributed by atoms with van der Waals surface area (Å²) in [7, 11) is 2.11. The van der Waals surface area contributed by atoms with Gasteiger partial charge in [-0.05, 0) is 25.2 Å². The average molecular weight is 270 g/mol. The summed E-state index contributed by atoms with van der Waals surface area (Å²) in [6, 6.07) is 12.2. The predicted molar refractivity (Wildman–Crippen MR) is 82.9 cm³/mol. The van der Waals surface area contributed by atoms with Gasteiger partial charge in [0, 0.05) is 25.7 Å². The van der Waals surface area contributed by atoms with Gasteiger partial charge >= 0.3 is 0 Å². The average Bonchev–Trinajstić information content (AvgIpc) is 2.48. The van der Waals surface area contributed by atoms with Crippen molar-refractivity contribution in [1.29, 1.82) is 0 Å². The molecule has 4 heteroatoms. The maximum Gasteiger partial charge on any atom is 0.135 e. The highest BCUT2D eigenvalue weighted by molar-refractivity contribution is 5.33. The van der Waals surface area contributed by atoms with E-state index >= 15 is 0 Å². The van der Waals surface area contributed by atoms with Gasteiger partial charge in [-0.1, -0.05) is 37.3 Å². The minimum absolute atomic E-state index is 0.769. The Hall–Kier alpha value is -1.94. The van der Waals surface area contributed by atoms with Crippen molar-refractivity contribution in [3.63, 3.8) is 0 Å². The van der Waals surface area contributed by atoms with E-state index in [-0.39, 0.29) is 0 Å². The largest absolute Gasteiger partial charge is 0.369 e. The third-order valence-electron chi connectivity index (χ3n) is 3.25. The van der Waals surface area contributed by atoms with E-state index in [0.717, 1.165) is 37.7 Å². The highest BCUT2D eigenvalue weighted by Crippen LogP contribution is 2.07. The number of rotatable bonds is 7. The fourth-order valence-corrected chi connectivity index (χ4v) is 1.89. The van der Waals surface area contributed by atoms with Crippen LogP contribution in [0.3, 0.4) is 0 Å². The zero-order valence-electron chi connectivity index (χ0n) is 12.2. The third kappa shape index (κ3) is 4.63. The van der Waals surface area contributed by atoms with Crippen molar-refractivity contribution >= 4 is 5.82 Å². The summed E-state index contributed by atoms with van der Waals surface area (Å²) in [5.41, 5.74) is 1.23. The second-order valence-electron chi connectivity index (χ2n) is 4.84. The molecular weight excluding hydrogens is 248 g/mol. The molecule has 0 amide bonds. The van der Waals surface area contributed by atoms with Crippen molar-refractivity contribution in [1.82, 2.24) is 14.9 Å².